The summed E-state index contributed by atoms with van der Waals surface area (Å²) >= 11 is 0. The summed E-state index contributed by atoms with van der Waals surface area (Å²) in [6.07, 6.45) is 6.99. The normalized spacial score (nSPS) is 21.0. The number of hydrogen-bond donors (Lipinski definition) is 1. The Morgan fingerprint density at radius 3 is 2.95 bits per heavy atom. The summed E-state index contributed by atoms with van der Waals surface area (Å²) in [6.45, 7) is 6.21. The molecule has 1 atom stereocenters. The van der Waals surface area contributed by atoms with Crippen LogP contribution in [0.1, 0.15) is 39.5 Å². The number of hydrogen-bond acceptors (Lipinski definition) is 4. The molecule has 21 heavy (non-hydrogen) atoms. The molecule has 1 aromatic rings. The maximum absolute atomic E-state index is 12.9. The van der Waals surface area contributed by atoms with E-state index in [1.807, 2.05) is 0 Å². The highest BCUT2D eigenvalue weighted by atomic mass is 32.2. The van der Waals surface area contributed by atoms with Crippen LogP contribution in [0.25, 0.3) is 0 Å². The van der Waals surface area contributed by atoms with Gasteiger partial charge in [-0.15, -0.1) is 0 Å². The zero-order valence-corrected chi connectivity index (χ0v) is 13.7. The molecule has 0 aromatic carbocycles. The fourth-order valence-electron chi connectivity index (χ4n) is 2.61. The first kappa shape index (κ1) is 16.2. The molecule has 1 aliphatic heterocycles. The highest BCUT2D eigenvalue weighted by Gasteiger charge is 2.28. The van der Waals surface area contributed by atoms with Crippen LogP contribution in [-0.2, 0) is 10.0 Å². The topological polar surface area (TPSA) is 62.3 Å². The van der Waals surface area contributed by atoms with Crippen LogP contribution in [0.15, 0.2) is 23.4 Å². The van der Waals surface area contributed by atoms with Gasteiger partial charge in [-0.2, -0.15) is 4.31 Å². The van der Waals surface area contributed by atoms with Gasteiger partial charge < -0.3 is 5.32 Å². The fraction of sp³-hybridized carbons (Fsp3) is 0.667. The Morgan fingerprint density at radius 2 is 2.19 bits per heavy atom. The van der Waals surface area contributed by atoms with Crippen molar-refractivity contribution in [1.29, 1.82) is 0 Å². The van der Waals surface area contributed by atoms with Gasteiger partial charge in [-0.05, 0) is 37.7 Å². The monoisotopic (exact) mass is 311 g/mol. The van der Waals surface area contributed by atoms with Crippen molar-refractivity contribution in [3.05, 3.63) is 18.5 Å². The highest BCUT2D eigenvalue weighted by molar-refractivity contribution is 7.89. The van der Waals surface area contributed by atoms with E-state index in [9.17, 15) is 8.42 Å². The van der Waals surface area contributed by atoms with Crippen LogP contribution in [0, 0.1) is 5.92 Å². The minimum atomic E-state index is -3.46. The third-order valence-corrected chi connectivity index (χ3v) is 5.87. The van der Waals surface area contributed by atoms with Crippen LogP contribution in [0.5, 0.6) is 0 Å². The van der Waals surface area contributed by atoms with E-state index in [1.165, 1.54) is 6.20 Å². The second-order valence-corrected chi connectivity index (χ2v) is 7.65. The molecule has 0 spiro atoms. The molecule has 1 unspecified atom stereocenters. The van der Waals surface area contributed by atoms with Gasteiger partial charge in [0.25, 0.3) is 0 Å². The number of pyridine rings is 1. The molecule has 1 N–H and O–H groups in total. The fourth-order valence-corrected chi connectivity index (χ4v) is 4.21. The maximum Gasteiger partial charge on any atom is 0.246 e. The van der Waals surface area contributed by atoms with Crippen molar-refractivity contribution < 1.29 is 8.42 Å². The molecular weight excluding hydrogens is 286 g/mol. The summed E-state index contributed by atoms with van der Waals surface area (Å²) in [5, 5.41) is 3.19. The molecule has 2 rings (SSSR count). The first-order valence-electron chi connectivity index (χ1n) is 7.73. The second kappa shape index (κ2) is 7.22. The standard InChI is InChI=1S/C15H25N3O2S/c1-3-8-17-14-6-9-16-12-15(14)21(19,20)18-10-4-5-13(2)7-11-18/h6,9,12-13H,3-5,7-8,10-11H2,1-2H3,(H,16,17). The van der Waals surface area contributed by atoms with Crippen molar-refractivity contribution in [2.45, 2.75) is 44.4 Å². The van der Waals surface area contributed by atoms with E-state index in [0.29, 0.717) is 29.6 Å². The summed E-state index contributed by atoms with van der Waals surface area (Å²) in [5.41, 5.74) is 0.657. The van der Waals surface area contributed by atoms with E-state index in [-0.39, 0.29) is 0 Å². The molecule has 0 aliphatic carbocycles. The van der Waals surface area contributed by atoms with Gasteiger partial charge in [-0.25, -0.2) is 8.42 Å². The summed E-state index contributed by atoms with van der Waals surface area (Å²) in [7, 11) is -3.46. The number of nitrogens with zero attached hydrogens (tertiary/aromatic N) is 2. The Balaban J connectivity index is 2.26. The molecule has 6 heteroatoms. The molecule has 1 aromatic heterocycles. The molecule has 1 fully saturated rings. The van der Waals surface area contributed by atoms with E-state index in [0.717, 1.165) is 32.2 Å². The Labute approximate surface area is 127 Å². The highest BCUT2D eigenvalue weighted by Crippen LogP contribution is 2.27. The molecule has 5 nitrogen and oxygen atoms in total. The predicted molar refractivity (Wildman–Crippen MR) is 84.8 cm³/mol. The Kier molecular flexibility index (Phi) is 5.58. The molecule has 0 bridgehead atoms. The van der Waals surface area contributed by atoms with Gasteiger partial charge >= 0.3 is 0 Å². The smallest absolute Gasteiger partial charge is 0.246 e. The summed E-state index contributed by atoms with van der Waals surface area (Å²) in [5.74, 6) is 0.594. The molecule has 2 heterocycles. The third kappa shape index (κ3) is 3.95. The lowest BCUT2D eigenvalue weighted by Crippen LogP contribution is -2.32. The quantitative estimate of drug-likeness (QED) is 0.908. The van der Waals surface area contributed by atoms with E-state index >= 15 is 0 Å². The van der Waals surface area contributed by atoms with E-state index < -0.39 is 10.0 Å². The Bertz CT molecular complexity index is 560. The number of rotatable bonds is 5. The SMILES string of the molecule is CCCNc1ccncc1S(=O)(=O)N1CCCC(C)CC1. The van der Waals surface area contributed by atoms with Gasteiger partial charge in [0.1, 0.15) is 4.90 Å². The van der Waals surface area contributed by atoms with Crippen molar-refractivity contribution in [2.75, 3.05) is 25.0 Å². The molecule has 1 aliphatic rings. The zero-order valence-electron chi connectivity index (χ0n) is 12.9. The zero-order chi connectivity index (χ0) is 15.3. The largest absolute Gasteiger partial charge is 0.384 e. The van der Waals surface area contributed by atoms with Crippen molar-refractivity contribution in [3.8, 4) is 0 Å². The maximum atomic E-state index is 12.9. The van der Waals surface area contributed by atoms with Crippen molar-refractivity contribution in [3.63, 3.8) is 0 Å². The van der Waals surface area contributed by atoms with Crippen LogP contribution < -0.4 is 5.32 Å². The van der Waals surface area contributed by atoms with Crippen molar-refractivity contribution in [2.24, 2.45) is 5.92 Å². The number of aromatic nitrogens is 1. The Morgan fingerprint density at radius 1 is 1.38 bits per heavy atom. The van der Waals surface area contributed by atoms with Crippen molar-refractivity contribution >= 4 is 15.7 Å². The molecule has 0 amide bonds. The van der Waals surface area contributed by atoms with Crippen LogP contribution >= 0.6 is 0 Å². The lowest BCUT2D eigenvalue weighted by Gasteiger charge is -2.21. The summed E-state index contributed by atoms with van der Waals surface area (Å²) in [4.78, 5) is 4.31. The lowest BCUT2D eigenvalue weighted by molar-refractivity contribution is 0.417. The van der Waals surface area contributed by atoms with Crippen LogP contribution in [-0.4, -0.2) is 37.3 Å². The minimum Gasteiger partial charge on any atom is -0.384 e. The first-order valence-corrected chi connectivity index (χ1v) is 9.17. The van der Waals surface area contributed by atoms with E-state index in [2.05, 4.69) is 24.1 Å². The average Bonchev–Trinajstić information content (AvgIpc) is 2.70. The first-order chi connectivity index (χ1) is 10.1. The van der Waals surface area contributed by atoms with Gasteiger partial charge in [-0.3, -0.25) is 4.98 Å². The second-order valence-electron chi connectivity index (χ2n) is 5.74. The minimum absolute atomic E-state index is 0.299. The van der Waals surface area contributed by atoms with Gasteiger partial charge in [0.15, 0.2) is 0 Å². The van der Waals surface area contributed by atoms with Gasteiger partial charge in [-0.1, -0.05) is 13.8 Å². The Hall–Kier alpha value is -1.14. The molecule has 1 saturated heterocycles. The van der Waals surface area contributed by atoms with Crippen LogP contribution in [0.4, 0.5) is 5.69 Å². The third-order valence-electron chi connectivity index (χ3n) is 3.94. The van der Waals surface area contributed by atoms with Crippen LogP contribution in [0.2, 0.25) is 0 Å². The van der Waals surface area contributed by atoms with Gasteiger partial charge in [0.2, 0.25) is 10.0 Å². The number of anilines is 1. The molecule has 0 radical (unpaired) electrons. The van der Waals surface area contributed by atoms with Crippen molar-refractivity contribution in [1.82, 2.24) is 9.29 Å². The van der Waals surface area contributed by atoms with E-state index in [4.69, 9.17) is 0 Å². The van der Waals surface area contributed by atoms with Gasteiger partial charge in [0.05, 0.1) is 5.69 Å². The molecule has 0 saturated carbocycles. The molecular formula is C15H25N3O2S. The summed E-state index contributed by atoms with van der Waals surface area (Å²) in [6, 6.07) is 1.74. The molecule has 118 valence electrons. The predicted octanol–water partition coefficient (Wildman–Crippen LogP) is 2.71. The number of nitrogens with one attached hydrogen (secondary N) is 1. The van der Waals surface area contributed by atoms with Crippen LogP contribution in [0.3, 0.4) is 0 Å². The van der Waals surface area contributed by atoms with Gasteiger partial charge in [0, 0.05) is 32.0 Å². The number of sulfonamides is 1. The van der Waals surface area contributed by atoms with E-state index in [1.54, 1.807) is 16.6 Å². The average molecular weight is 311 g/mol. The lowest BCUT2D eigenvalue weighted by atomic mass is 10.0. The summed E-state index contributed by atoms with van der Waals surface area (Å²) < 4.78 is 27.4.